The molecule has 112 valence electrons. The first-order valence-electron chi connectivity index (χ1n) is 6.90. The van der Waals surface area contributed by atoms with Crippen LogP contribution in [0.2, 0.25) is 0 Å². The van der Waals surface area contributed by atoms with E-state index in [0.29, 0.717) is 23.2 Å². The number of nitrogens with two attached hydrogens (primary N) is 1. The minimum absolute atomic E-state index is 0.0579. The van der Waals surface area contributed by atoms with E-state index in [4.69, 9.17) is 10.5 Å². The molecule has 0 saturated heterocycles. The maximum Gasteiger partial charge on any atom is 0.241 e. The van der Waals surface area contributed by atoms with Crippen LogP contribution in [0.3, 0.4) is 0 Å². The summed E-state index contributed by atoms with van der Waals surface area (Å²) < 4.78 is 5.09. The highest BCUT2D eigenvalue weighted by atomic mass is 16.5. The topological polar surface area (TPSA) is 67.6 Å². The lowest BCUT2D eigenvalue weighted by Crippen LogP contribution is -2.45. The van der Waals surface area contributed by atoms with Gasteiger partial charge in [0.25, 0.3) is 0 Å². The Bertz CT molecular complexity index is 460. The number of nitrogens with one attached hydrogen (secondary N) is 1. The largest absolute Gasteiger partial charge is 0.497 e. The Labute approximate surface area is 121 Å². The van der Waals surface area contributed by atoms with E-state index in [9.17, 15) is 4.79 Å². The first kappa shape index (κ1) is 16.3. The predicted octanol–water partition coefficient (Wildman–Crippen LogP) is 2.33. The van der Waals surface area contributed by atoms with Crippen molar-refractivity contribution in [3.05, 3.63) is 18.2 Å². The van der Waals surface area contributed by atoms with Crippen molar-refractivity contribution in [1.82, 2.24) is 4.90 Å². The fourth-order valence-corrected chi connectivity index (χ4v) is 2.26. The van der Waals surface area contributed by atoms with Crippen LogP contribution in [0.15, 0.2) is 18.2 Å². The van der Waals surface area contributed by atoms with Crippen LogP contribution in [0.5, 0.6) is 5.75 Å². The van der Waals surface area contributed by atoms with Gasteiger partial charge in [-0.1, -0.05) is 6.92 Å². The third-order valence-corrected chi connectivity index (χ3v) is 3.42. The van der Waals surface area contributed by atoms with Crippen molar-refractivity contribution in [2.75, 3.05) is 24.7 Å². The zero-order valence-electron chi connectivity index (χ0n) is 12.9. The Hall–Kier alpha value is -1.75. The summed E-state index contributed by atoms with van der Waals surface area (Å²) in [6, 6.07) is 5.33. The van der Waals surface area contributed by atoms with Crippen molar-refractivity contribution in [1.29, 1.82) is 0 Å². The van der Waals surface area contributed by atoms with Gasteiger partial charge in [0.15, 0.2) is 0 Å². The molecule has 1 aromatic rings. The number of amides is 1. The molecule has 0 saturated carbocycles. The Morgan fingerprint density at radius 3 is 2.50 bits per heavy atom. The van der Waals surface area contributed by atoms with Gasteiger partial charge in [0.2, 0.25) is 5.91 Å². The molecule has 0 heterocycles. The van der Waals surface area contributed by atoms with E-state index in [0.717, 1.165) is 6.54 Å². The molecule has 0 aliphatic heterocycles. The molecule has 0 aliphatic rings. The smallest absolute Gasteiger partial charge is 0.241 e. The van der Waals surface area contributed by atoms with Crippen LogP contribution in [-0.2, 0) is 4.79 Å². The van der Waals surface area contributed by atoms with E-state index in [1.54, 1.807) is 25.3 Å². The van der Waals surface area contributed by atoms with Crippen LogP contribution in [0, 0.1) is 0 Å². The number of ether oxygens (including phenoxy) is 1. The fourth-order valence-electron chi connectivity index (χ4n) is 2.26. The van der Waals surface area contributed by atoms with Gasteiger partial charge in [-0.2, -0.15) is 0 Å². The first-order chi connectivity index (χ1) is 9.40. The third-order valence-electron chi connectivity index (χ3n) is 3.42. The molecular weight excluding hydrogens is 254 g/mol. The second kappa shape index (κ2) is 7.14. The van der Waals surface area contributed by atoms with E-state index < -0.39 is 0 Å². The van der Waals surface area contributed by atoms with Gasteiger partial charge in [-0.25, -0.2) is 0 Å². The molecule has 1 unspecified atom stereocenters. The molecule has 0 aliphatic carbocycles. The van der Waals surface area contributed by atoms with Crippen LogP contribution in [0.4, 0.5) is 11.4 Å². The molecule has 1 atom stereocenters. The summed E-state index contributed by atoms with van der Waals surface area (Å²) in [5, 5.41) is 2.87. The SMILES string of the molecule is CCN(C(C)C)C(C)C(=O)Nc1ccc(OC)cc1N. The molecular formula is C15H25N3O2. The van der Waals surface area contributed by atoms with Gasteiger partial charge in [0.05, 0.1) is 24.5 Å². The van der Waals surface area contributed by atoms with Crippen LogP contribution < -0.4 is 15.8 Å². The zero-order valence-corrected chi connectivity index (χ0v) is 12.9. The number of nitrogens with zero attached hydrogens (tertiary/aromatic N) is 1. The van der Waals surface area contributed by atoms with Crippen LogP contribution >= 0.6 is 0 Å². The minimum Gasteiger partial charge on any atom is -0.497 e. The molecule has 0 aromatic heterocycles. The summed E-state index contributed by atoms with van der Waals surface area (Å²) >= 11 is 0. The number of carbonyl (C=O) groups is 1. The van der Waals surface area contributed by atoms with Crippen LogP contribution in [0.1, 0.15) is 27.7 Å². The lowest BCUT2D eigenvalue weighted by Gasteiger charge is -2.30. The highest BCUT2D eigenvalue weighted by molar-refractivity contribution is 5.97. The van der Waals surface area contributed by atoms with Gasteiger partial charge in [0, 0.05) is 12.1 Å². The van der Waals surface area contributed by atoms with Gasteiger partial charge >= 0.3 is 0 Å². The number of hydrogen-bond donors (Lipinski definition) is 2. The Morgan fingerprint density at radius 1 is 1.40 bits per heavy atom. The van der Waals surface area contributed by atoms with Crippen molar-refractivity contribution >= 4 is 17.3 Å². The molecule has 5 heteroatoms. The summed E-state index contributed by atoms with van der Waals surface area (Å²) in [5.74, 6) is 0.614. The molecule has 0 bridgehead atoms. The van der Waals surface area contributed by atoms with E-state index in [1.165, 1.54) is 0 Å². The molecule has 1 aromatic carbocycles. The first-order valence-corrected chi connectivity index (χ1v) is 6.90. The summed E-state index contributed by atoms with van der Waals surface area (Å²) in [4.78, 5) is 14.4. The molecule has 1 amide bonds. The lowest BCUT2D eigenvalue weighted by molar-refractivity contribution is -0.121. The summed E-state index contributed by atoms with van der Waals surface area (Å²) in [5.41, 5.74) is 7.02. The number of benzene rings is 1. The standard InChI is InChI=1S/C15H25N3O2/c1-6-18(10(2)3)11(4)15(19)17-14-8-7-12(20-5)9-13(14)16/h7-11H,6,16H2,1-5H3,(H,17,19). The molecule has 0 spiro atoms. The number of likely N-dealkylation sites (N-methyl/N-ethyl adjacent to an activating group) is 1. The van der Waals surface area contributed by atoms with Gasteiger partial charge < -0.3 is 15.8 Å². The quantitative estimate of drug-likeness (QED) is 0.784. The van der Waals surface area contributed by atoms with E-state index in [2.05, 4.69) is 24.1 Å². The number of carbonyl (C=O) groups excluding carboxylic acids is 1. The van der Waals surface area contributed by atoms with Crippen molar-refractivity contribution in [3.8, 4) is 5.75 Å². The highest BCUT2D eigenvalue weighted by Crippen LogP contribution is 2.24. The zero-order chi connectivity index (χ0) is 15.3. The number of nitrogen functional groups attached to an aromatic ring is 1. The maximum absolute atomic E-state index is 12.3. The monoisotopic (exact) mass is 279 g/mol. The second-order valence-corrected chi connectivity index (χ2v) is 5.04. The van der Waals surface area contributed by atoms with E-state index in [1.807, 2.05) is 13.8 Å². The van der Waals surface area contributed by atoms with Gasteiger partial charge in [-0.15, -0.1) is 0 Å². The average Bonchev–Trinajstić information content (AvgIpc) is 2.41. The highest BCUT2D eigenvalue weighted by Gasteiger charge is 2.22. The Balaban J connectivity index is 2.80. The van der Waals surface area contributed by atoms with Crippen LogP contribution in [0.25, 0.3) is 0 Å². The summed E-state index contributed by atoms with van der Waals surface area (Å²) in [7, 11) is 1.58. The number of rotatable bonds is 6. The summed E-state index contributed by atoms with van der Waals surface area (Å²) in [6.07, 6.45) is 0. The van der Waals surface area contributed by atoms with Crippen molar-refractivity contribution < 1.29 is 9.53 Å². The van der Waals surface area contributed by atoms with Gasteiger partial charge in [-0.3, -0.25) is 9.69 Å². The molecule has 5 nitrogen and oxygen atoms in total. The number of methoxy groups -OCH3 is 1. The molecule has 0 fully saturated rings. The van der Waals surface area contributed by atoms with Crippen molar-refractivity contribution in [3.63, 3.8) is 0 Å². The normalized spacial score (nSPS) is 12.6. The van der Waals surface area contributed by atoms with Gasteiger partial charge in [-0.05, 0) is 39.4 Å². The molecule has 0 radical (unpaired) electrons. The Kier molecular flexibility index (Phi) is 5.82. The maximum atomic E-state index is 12.3. The molecule has 1 rings (SSSR count). The number of hydrogen-bond acceptors (Lipinski definition) is 4. The number of anilines is 2. The van der Waals surface area contributed by atoms with Crippen LogP contribution in [-0.4, -0.2) is 36.5 Å². The minimum atomic E-state index is -0.207. The van der Waals surface area contributed by atoms with Gasteiger partial charge in [0.1, 0.15) is 5.75 Å². The molecule has 20 heavy (non-hydrogen) atoms. The van der Waals surface area contributed by atoms with Crippen molar-refractivity contribution in [2.24, 2.45) is 0 Å². The van der Waals surface area contributed by atoms with E-state index >= 15 is 0 Å². The van der Waals surface area contributed by atoms with E-state index in [-0.39, 0.29) is 11.9 Å². The average molecular weight is 279 g/mol. The lowest BCUT2D eigenvalue weighted by atomic mass is 10.2. The van der Waals surface area contributed by atoms with Crippen molar-refractivity contribution in [2.45, 2.75) is 39.8 Å². The fraction of sp³-hybridized carbons (Fsp3) is 0.533. The molecule has 3 N–H and O–H groups in total. The third kappa shape index (κ3) is 3.87. The summed E-state index contributed by atoms with van der Waals surface area (Å²) in [6.45, 7) is 8.93. The second-order valence-electron chi connectivity index (χ2n) is 5.04. The Morgan fingerprint density at radius 2 is 2.05 bits per heavy atom. The predicted molar refractivity (Wildman–Crippen MR) is 83.0 cm³/mol.